The molecule has 1 aromatic carbocycles. The van der Waals surface area contributed by atoms with Crippen molar-refractivity contribution in [2.75, 3.05) is 0 Å². The molecular formula is C12H18O3S. The molecule has 1 aliphatic carbocycles. The number of hydrogen-bond donors (Lipinski definition) is 1. The van der Waals surface area contributed by atoms with Crippen LogP contribution in [0, 0.1) is 0 Å². The van der Waals surface area contributed by atoms with E-state index in [4.69, 9.17) is 4.55 Å². The zero-order valence-corrected chi connectivity index (χ0v) is 10.3. The van der Waals surface area contributed by atoms with Crippen molar-refractivity contribution in [2.45, 2.75) is 43.9 Å². The Morgan fingerprint density at radius 1 is 1.06 bits per heavy atom. The molecule has 1 aliphatic rings. The van der Waals surface area contributed by atoms with E-state index in [0.717, 1.165) is 12.0 Å². The second kappa shape index (κ2) is 6.01. The Morgan fingerprint density at radius 3 is 1.75 bits per heavy atom. The monoisotopic (exact) mass is 242 g/mol. The van der Waals surface area contributed by atoms with Gasteiger partial charge in [-0.1, -0.05) is 44.7 Å². The van der Waals surface area contributed by atoms with Gasteiger partial charge in [0.25, 0.3) is 10.1 Å². The van der Waals surface area contributed by atoms with Gasteiger partial charge in [0.2, 0.25) is 0 Å². The van der Waals surface area contributed by atoms with Crippen molar-refractivity contribution in [3.8, 4) is 0 Å². The molecule has 2 rings (SSSR count). The van der Waals surface area contributed by atoms with Crippen molar-refractivity contribution < 1.29 is 13.0 Å². The third kappa shape index (κ3) is 4.33. The first-order valence-corrected chi connectivity index (χ1v) is 7.04. The van der Waals surface area contributed by atoms with E-state index in [2.05, 4.69) is 0 Å². The van der Waals surface area contributed by atoms with Crippen LogP contribution in [0.1, 0.15) is 38.2 Å². The molecule has 0 aromatic heterocycles. The summed E-state index contributed by atoms with van der Waals surface area (Å²) in [5.74, 6) is 0. The Labute approximate surface area is 97.2 Å². The summed E-state index contributed by atoms with van der Waals surface area (Å²) in [6.07, 6.45) is 6.85. The molecule has 0 amide bonds. The smallest absolute Gasteiger partial charge is 0.282 e. The van der Waals surface area contributed by atoms with Crippen LogP contribution in [0.25, 0.3) is 0 Å². The van der Waals surface area contributed by atoms with Gasteiger partial charge in [0.05, 0.1) is 4.90 Å². The molecule has 0 unspecified atom stereocenters. The third-order valence-corrected chi connectivity index (χ3v) is 3.50. The summed E-state index contributed by atoms with van der Waals surface area (Å²) in [6, 6.07) is 6.16. The second-order valence-corrected chi connectivity index (χ2v) is 5.31. The highest BCUT2D eigenvalue weighted by Crippen LogP contribution is 2.15. The zero-order valence-electron chi connectivity index (χ0n) is 9.52. The van der Waals surface area contributed by atoms with Crippen molar-refractivity contribution in [1.29, 1.82) is 0 Å². The fourth-order valence-corrected chi connectivity index (χ4v) is 1.63. The van der Waals surface area contributed by atoms with Gasteiger partial charge in [0.1, 0.15) is 0 Å². The van der Waals surface area contributed by atoms with Gasteiger partial charge < -0.3 is 0 Å². The minimum atomic E-state index is -4.03. The minimum absolute atomic E-state index is 0.0558. The van der Waals surface area contributed by atoms with Gasteiger partial charge in [-0.3, -0.25) is 4.55 Å². The first-order chi connectivity index (χ1) is 7.54. The predicted octanol–water partition coefficient (Wildman–Crippen LogP) is 3.06. The van der Waals surface area contributed by atoms with Gasteiger partial charge in [-0.15, -0.1) is 0 Å². The van der Waals surface area contributed by atoms with Crippen LogP contribution in [0.15, 0.2) is 29.2 Å². The maximum Gasteiger partial charge on any atom is 0.294 e. The SMILES string of the molecule is C1CCC1.CCc1ccc(S(=O)(=O)O)cc1. The van der Waals surface area contributed by atoms with Crippen LogP contribution in [0.2, 0.25) is 0 Å². The first kappa shape index (κ1) is 13.2. The standard InChI is InChI=1S/C8H10O3S.C4H8/c1-2-7-3-5-8(6-4-7)12(9,10)11;1-2-4-3-1/h3-6H,2H2,1H3,(H,9,10,11);1-4H2. The van der Waals surface area contributed by atoms with E-state index in [1.165, 1.54) is 37.8 Å². The van der Waals surface area contributed by atoms with Crippen LogP contribution in [0.5, 0.6) is 0 Å². The Morgan fingerprint density at radius 2 is 1.50 bits per heavy atom. The van der Waals surface area contributed by atoms with Gasteiger partial charge in [0, 0.05) is 0 Å². The highest BCUT2D eigenvalue weighted by atomic mass is 32.2. The highest BCUT2D eigenvalue weighted by Gasteiger charge is 2.07. The van der Waals surface area contributed by atoms with Gasteiger partial charge in [-0.2, -0.15) is 8.42 Å². The van der Waals surface area contributed by atoms with E-state index in [1.807, 2.05) is 6.92 Å². The quantitative estimate of drug-likeness (QED) is 0.811. The first-order valence-electron chi connectivity index (χ1n) is 5.60. The van der Waals surface area contributed by atoms with E-state index in [1.54, 1.807) is 12.1 Å². The van der Waals surface area contributed by atoms with E-state index in [-0.39, 0.29) is 4.90 Å². The molecule has 0 heterocycles. The van der Waals surface area contributed by atoms with E-state index in [0.29, 0.717) is 0 Å². The summed E-state index contributed by atoms with van der Waals surface area (Å²) < 4.78 is 29.8. The van der Waals surface area contributed by atoms with Crippen LogP contribution in [0.3, 0.4) is 0 Å². The average Bonchev–Trinajstić information content (AvgIpc) is 2.14. The van der Waals surface area contributed by atoms with Gasteiger partial charge in [0.15, 0.2) is 0 Å². The molecule has 0 bridgehead atoms. The Balaban J connectivity index is 0.000000267. The fraction of sp³-hybridized carbons (Fsp3) is 0.500. The number of rotatable bonds is 2. The molecule has 0 spiro atoms. The predicted molar refractivity (Wildman–Crippen MR) is 64.1 cm³/mol. The van der Waals surface area contributed by atoms with E-state index in [9.17, 15) is 8.42 Å². The molecule has 1 fully saturated rings. The second-order valence-electron chi connectivity index (χ2n) is 3.89. The van der Waals surface area contributed by atoms with Crippen molar-refractivity contribution >= 4 is 10.1 Å². The summed E-state index contributed by atoms with van der Waals surface area (Å²) >= 11 is 0. The Bertz CT molecular complexity index is 398. The molecule has 1 N–H and O–H groups in total. The molecule has 3 nitrogen and oxygen atoms in total. The molecular weight excluding hydrogens is 224 g/mol. The van der Waals surface area contributed by atoms with Crippen LogP contribution < -0.4 is 0 Å². The lowest BCUT2D eigenvalue weighted by molar-refractivity contribution is 0.483. The molecule has 4 heteroatoms. The minimum Gasteiger partial charge on any atom is -0.282 e. The number of benzene rings is 1. The zero-order chi connectivity index (χ0) is 12.0. The van der Waals surface area contributed by atoms with Crippen LogP contribution in [-0.2, 0) is 16.5 Å². The summed E-state index contributed by atoms with van der Waals surface area (Å²) in [4.78, 5) is -0.0558. The van der Waals surface area contributed by atoms with Crippen LogP contribution >= 0.6 is 0 Å². The third-order valence-electron chi connectivity index (χ3n) is 2.63. The average molecular weight is 242 g/mol. The lowest BCUT2D eigenvalue weighted by atomic mass is 10.0. The van der Waals surface area contributed by atoms with E-state index < -0.39 is 10.1 Å². The molecule has 0 atom stereocenters. The summed E-state index contributed by atoms with van der Waals surface area (Å²) in [5.41, 5.74) is 1.04. The molecule has 0 saturated heterocycles. The number of hydrogen-bond acceptors (Lipinski definition) is 2. The molecule has 16 heavy (non-hydrogen) atoms. The molecule has 0 radical (unpaired) electrons. The molecule has 0 aliphatic heterocycles. The Kier molecular flexibility index (Phi) is 4.96. The van der Waals surface area contributed by atoms with Crippen molar-refractivity contribution in [3.05, 3.63) is 29.8 Å². The van der Waals surface area contributed by atoms with Crippen LogP contribution in [0.4, 0.5) is 0 Å². The molecule has 1 saturated carbocycles. The normalized spacial score (nSPS) is 14.6. The van der Waals surface area contributed by atoms with Crippen molar-refractivity contribution in [3.63, 3.8) is 0 Å². The lowest BCUT2D eigenvalue weighted by Gasteiger charge is -2.05. The summed E-state index contributed by atoms with van der Waals surface area (Å²) in [7, 11) is -4.03. The maximum atomic E-state index is 10.6. The van der Waals surface area contributed by atoms with Crippen LogP contribution in [-0.4, -0.2) is 13.0 Å². The van der Waals surface area contributed by atoms with Crippen molar-refractivity contribution in [1.82, 2.24) is 0 Å². The Hall–Kier alpha value is -0.870. The van der Waals surface area contributed by atoms with E-state index >= 15 is 0 Å². The number of aryl methyl sites for hydroxylation is 1. The fourth-order valence-electron chi connectivity index (χ4n) is 1.15. The molecule has 1 aromatic rings. The topological polar surface area (TPSA) is 54.4 Å². The molecule has 90 valence electrons. The summed E-state index contributed by atoms with van der Waals surface area (Å²) in [6.45, 7) is 1.97. The van der Waals surface area contributed by atoms with Gasteiger partial charge in [-0.05, 0) is 24.1 Å². The summed E-state index contributed by atoms with van der Waals surface area (Å²) in [5, 5.41) is 0. The van der Waals surface area contributed by atoms with Gasteiger partial charge >= 0.3 is 0 Å². The largest absolute Gasteiger partial charge is 0.294 e. The lowest BCUT2D eigenvalue weighted by Crippen LogP contribution is -1.97. The highest BCUT2D eigenvalue weighted by molar-refractivity contribution is 7.85. The maximum absolute atomic E-state index is 10.6. The van der Waals surface area contributed by atoms with Crippen molar-refractivity contribution in [2.24, 2.45) is 0 Å². The van der Waals surface area contributed by atoms with Gasteiger partial charge in [-0.25, -0.2) is 0 Å².